The number of benzene rings is 1. The SMILES string of the molecule is O=C(CN(C(=O)CNS(=O)(=O)c1ccc(Cl)cc1)C1CCCC1)NC[C@H]1CCCO1. The van der Waals surface area contributed by atoms with Crippen molar-refractivity contribution in [2.24, 2.45) is 0 Å². The van der Waals surface area contributed by atoms with Gasteiger partial charge in [0.1, 0.15) is 0 Å². The highest BCUT2D eigenvalue weighted by Crippen LogP contribution is 2.23. The molecule has 2 aliphatic rings. The summed E-state index contributed by atoms with van der Waals surface area (Å²) in [5.74, 6) is -0.669. The number of rotatable bonds is 9. The predicted molar refractivity (Wildman–Crippen MR) is 113 cm³/mol. The minimum Gasteiger partial charge on any atom is -0.376 e. The smallest absolute Gasteiger partial charge is 0.241 e. The van der Waals surface area contributed by atoms with Crippen LogP contribution in [0.1, 0.15) is 38.5 Å². The number of sulfonamides is 1. The maximum Gasteiger partial charge on any atom is 0.241 e. The third kappa shape index (κ3) is 6.41. The van der Waals surface area contributed by atoms with Crippen molar-refractivity contribution in [3.63, 3.8) is 0 Å². The Labute approximate surface area is 182 Å². The van der Waals surface area contributed by atoms with Gasteiger partial charge in [-0.25, -0.2) is 13.1 Å². The van der Waals surface area contributed by atoms with Gasteiger partial charge in [0.05, 0.1) is 24.1 Å². The molecule has 1 aromatic carbocycles. The van der Waals surface area contributed by atoms with Crippen molar-refractivity contribution >= 4 is 33.4 Å². The standard InChI is InChI=1S/C20H28ClN3O5S/c21-15-7-9-18(10-8-15)30(27,28)23-13-20(26)24(16-4-1-2-5-16)14-19(25)22-12-17-6-3-11-29-17/h7-10,16-17,23H,1-6,11-14H2,(H,22,25)/t17-/m1/s1. The van der Waals surface area contributed by atoms with Crippen LogP contribution in [0, 0.1) is 0 Å². The maximum atomic E-state index is 12.8. The third-order valence-corrected chi connectivity index (χ3v) is 7.16. The van der Waals surface area contributed by atoms with E-state index in [1.807, 2.05) is 0 Å². The molecule has 8 nitrogen and oxygen atoms in total. The number of nitrogens with zero attached hydrogens (tertiary/aromatic N) is 1. The first-order valence-corrected chi connectivity index (χ1v) is 12.1. The summed E-state index contributed by atoms with van der Waals surface area (Å²) in [6, 6.07) is 5.65. The van der Waals surface area contributed by atoms with Crippen molar-refractivity contribution in [2.75, 3.05) is 26.2 Å². The lowest BCUT2D eigenvalue weighted by atomic mass is 10.2. The zero-order valence-corrected chi connectivity index (χ0v) is 18.4. The number of halogens is 1. The van der Waals surface area contributed by atoms with E-state index in [2.05, 4.69) is 10.0 Å². The van der Waals surface area contributed by atoms with Gasteiger partial charge in [-0.15, -0.1) is 0 Å². The van der Waals surface area contributed by atoms with Crippen molar-refractivity contribution in [3.8, 4) is 0 Å². The van der Waals surface area contributed by atoms with Gasteiger partial charge in [-0.2, -0.15) is 0 Å². The quantitative estimate of drug-likeness (QED) is 0.587. The van der Waals surface area contributed by atoms with Crippen LogP contribution in [0.25, 0.3) is 0 Å². The van der Waals surface area contributed by atoms with Gasteiger partial charge in [0, 0.05) is 24.2 Å². The summed E-state index contributed by atoms with van der Waals surface area (Å²) in [5, 5.41) is 3.25. The number of ether oxygens (including phenoxy) is 1. The molecule has 30 heavy (non-hydrogen) atoms. The fourth-order valence-corrected chi connectivity index (χ4v) is 4.94. The van der Waals surface area contributed by atoms with Crippen molar-refractivity contribution < 1.29 is 22.7 Å². The number of hydrogen-bond acceptors (Lipinski definition) is 5. The average Bonchev–Trinajstić information content (AvgIpc) is 3.43. The fraction of sp³-hybridized carbons (Fsp3) is 0.600. The molecule has 2 amide bonds. The first-order chi connectivity index (χ1) is 14.3. The van der Waals surface area contributed by atoms with E-state index < -0.39 is 22.5 Å². The Hall–Kier alpha value is -1.68. The minimum absolute atomic E-state index is 0.0239. The summed E-state index contributed by atoms with van der Waals surface area (Å²) in [4.78, 5) is 26.8. The molecule has 1 aliphatic carbocycles. The van der Waals surface area contributed by atoms with E-state index in [9.17, 15) is 18.0 Å². The summed E-state index contributed by atoms with van der Waals surface area (Å²) >= 11 is 5.80. The van der Waals surface area contributed by atoms with Gasteiger partial charge in [0.15, 0.2) is 0 Å². The molecule has 1 heterocycles. The minimum atomic E-state index is -3.85. The Morgan fingerprint density at radius 3 is 2.43 bits per heavy atom. The first-order valence-electron chi connectivity index (χ1n) is 10.3. The molecule has 2 N–H and O–H groups in total. The van der Waals surface area contributed by atoms with E-state index >= 15 is 0 Å². The highest BCUT2D eigenvalue weighted by molar-refractivity contribution is 7.89. The number of amides is 2. The summed E-state index contributed by atoms with van der Waals surface area (Å²) in [5.41, 5.74) is 0. The van der Waals surface area contributed by atoms with E-state index in [0.717, 1.165) is 38.5 Å². The summed E-state index contributed by atoms with van der Waals surface area (Å²) < 4.78 is 32.7. The molecule has 1 aromatic rings. The van der Waals surface area contributed by atoms with Crippen LogP contribution in [-0.4, -0.2) is 63.5 Å². The lowest BCUT2D eigenvalue weighted by Gasteiger charge is -2.28. The fourth-order valence-electron chi connectivity index (χ4n) is 3.84. The molecule has 0 radical (unpaired) electrons. The van der Waals surface area contributed by atoms with Crippen molar-refractivity contribution in [1.82, 2.24) is 14.9 Å². The van der Waals surface area contributed by atoms with E-state index in [1.165, 1.54) is 29.2 Å². The van der Waals surface area contributed by atoms with Gasteiger partial charge in [0.2, 0.25) is 21.8 Å². The molecule has 166 valence electrons. The Kier molecular flexibility index (Phi) is 8.10. The van der Waals surface area contributed by atoms with Gasteiger partial charge in [-0.3, -0.25) is 9.59 Å². The van der Waals surface area contributed by atoms with Crippen molar-refractivity contribution in [1.29, 1.82) is 0 Å². The summed E-state index contributed by atoms with van der Waals surface area (Å²) in [6.07, 6.45) is 5.53. The van der Waals surface area contributed by atoms with E-state index in [1.54, 1.807) is 0 Å². The molecular formula is C20H28ClN3O5S. The van der Waals surface area contributed by atoms with Crippen LogP contribution in [0.4, 0.5) is 0 Å². The monoisotopic (exact) mass is 457 g/mol. The molecule has 2 fully saturated rings. The molecule has 0 spiro atoms. The molecule has 0 unspecified atom stereocenters. The Morgan fingerprint density at radius 1 is 1.10 bits per heavy atom. The number of carbonyl (C=O) groups is 2. The molecule has 1 aliphatic heterocycles. The molecule has 3 rings (SSSR count). The Balaban J connectivity index is 1.57. The highest BCUT2D eigenvalue weighted by Gasteiger charge is 2.29. The van der Waals surface area contributed by atoms with Gasteiger partial charge in [-0.1, -0.05) is 24.4 Å². The van der Waals surface area contributed by atoms with Gasteiger partial charge >= 0.3 is 0 Å². The zero-order chi connectivity index (χ0) is 21.6. The average molecular weight is 458 g/mol. The second-order valence-electron chi connectivity index (χ2n) is 7.68. The normalized spacial score (nSPS) is 19.7. The summed E-state index contributed by atoms with van der Waals surface area (Å²) in [7, 11) is -3.85. The highest BCUT2D eigenvalue weighted by atomic mass is 35.5. The van der Waals surface area contributed by atoms with Crippen LogP contribution in [0.2, 0.25) is 5.02 Å². The lowest BCUT2D eigenvalue weighted by molar-refractivity contribution is -0.137. The Bertz CT molecular complexity index is 835. The molecule has 1 saturated carbocycles. The van der Waals surface area contributed by atoms with Gasteiger partial charge < -0.3 is 15.0 Å². The molecule has 1 atom stereocenters. The maximum absolute atomic E-state index is 12.8. The predicted octanol–water partition coefficient (Wildman–Crippen LogP) is 1.68. The second-order valence-corrected chi connectivity index (χ2v) is 9.88. The number of hydrogen-bond donors (Lipinski definition) is 2. The molecule has 10 heteroatoms. The molecule has 0 aromatic heterocycles. The van der Waals surface area contributed by atoms with E-state index in [0.29, 0.717) is 18.2 Å². The largest absolute Gasteiger partial charge is 0.376 e. The zero-order valence-electron chi connectivity index (χ0n) is 16.8. The first kappa shape index (κ1) is 23.0. The Morgan fingerprint density at radius 2 is 1.80 bits per heavy atom. The molecular weight excluding hydrogens is 430 g/mol. The third-order valence-electron chi connectivity index (χ3n) is 5.49. The van der Waals surface area contributed by atoms with Crippen LogP contribution in [0.3, 0.4) is 0 Å². The summed E-state index contributed by atoms with van der Waals surface area (Å²) in [6.45, 7) is 0.648. The molecule has 1 saturated heterocycles. The number of nitrogens with one attached hydrogen (secondary N) is 2. The van der Waals surface area contributed by atoms with Crippen molar-refractivity contribution in [3.05, 3.63) is 29.3 Å². The van der Waals surface area contributed by atoms with Crippen LogP contribution >= 0.6 is 11.6 Å². The van der Waals surface area contributed by atoms with Crippen LogP contribution < -0.4 is 10.0 Å². The van der Waals surface area contributed by atoms with E-state index in [4.69, 9.17) is 16.3 Å². The lowest BCUT2D eigenvalue weighted by Crippen LogP contribution is -2.49. The van der Waals surface area contributed by atoms with Crippen molar-refractivity contribution in [2.45, 2.75) is 55.6 Å². The topological polar surface area (TPSA) is 105 Å². The second kappa shape index (κ2) is 10.6. The van der Waals surface area contributed by atoms with Crippen LogP contribution in [0.5, 0.6) is 0 Å². The molecule has 0 bridgehead atoms. The van der Waals surface area contributed by atoms with Gasteiger partial charge in [-0.05, 0) is 49.9 Å². The van der Waals surface area contributed by atoms with Gasteiger partial charge in [0.25, 0.3) is 0 Å². The number of carbonyl (C=O) groups excluding carboxylic acids is 2. The van der Waals surface area contributed by atoms with Crippen LogP contribution in [-0.2, 0) is 24.3 Å². The van der Waals surface area contributed by atoms with Crippen LogP contribution in [0.15, 0.2) is 29.2 Å². The van der Waals surface area contributed by atoms with E-state index in [-0.39, 0.29) is 29.5 Å².